The van der Waals surface area contributed by atoms with E-state index < -0.39 is 0 Å². The van der Waals surface area contributed by atoms with Gasteiger partial charge in [0, 0.05) is 32.8 Å². The summed E-state index contributed by atoms with van der Waals surface area (Å²) in [7, 11) is 0. The molecule has 0 aromatic rings. The minimum Gasteiger partial charge on any atom is -0.381 e. The van der Waals surface area contributed by atoms with Crippen LogP contribution in [-0.2, 0) is 4.74 Å². The van der Waals surface area contributed by atoms with E-state index >= 15 is 0 Å². The molecule has 4 heteroatoms. The fourth-order valence-electron chi connectivity index (χ4n) is 2.02. The Morgan fingerprint density at radius 1 is 1.39 bits per heavy atom. The summed E-state index contributed by atoms with van der Waals surface area (Å²) in [6.07, 6.45) is 3.42. The lowest BCUT2D eigenvalue weighted by atomic mass is 10.00. The molecule has 0 radical (unpaired) electrons. The molecule has 4 nitrogen and oxygen atoms in total. The molecule has 0 aromatic carbocycles. The van der Waals surface area contributed by atoms with Crippen molar-refractivity contribution in [2.75, 3.05) is 32.8 Å². The first kappa shape index (κ1) is 15.3. The number of nitrogens with zero attached hydrogens (tertiary/aromatic N) is 2. The highest BCUT2D eigenvalue weighted by molar-refractivity contribution is 5.78. The minimum atomic E-state index is 0.605. The number of guanidine groups is 1. The second kappa shape index (κ2) is 8.35. The number of piperidine rings is 1. The molecule has 1 aliphatic heterocycles. The maximum atomic E-state index is 5.99. The molecule has 0 unspecified atom stereocenters. The molecule has 1 fully saturated rings. The van der Waals surface area contributed by atoms with Gasteiger partial charge in [-0.25, -0.2) is 0 Å². The summed E-state index contributed by atoms with van der Waals surface area (Å²) in [5.41, 5.74) is 5.99. The number of hydrogen-bond donors (Lipinski definition) is 1. The predicted molar refractivity (Wildman–Crippen MR) is 76.7 cm³/mol. The maximum absolute atomic E-state index is 5.99. The zero-order valence-corrected chi connectivity index (χ0v) is 12.2. The molecular formula is C14H29N3O. The summed E-state index contributed by atoms with van der Waals surface area (Å²) in [4.78, 5) is 6.63. The quantitative estimate of drug-likeness (QED) is 0.449. The predicted octanol–water partition coefficient (Wildman–Crippen LogP) is 2.10. The lowest BCUT2D eigenvalue weighted by Gasteiger charge is -2.31. The van der Waals surface area contributed by atoms with Gasteiger partial charge < -0.3 is 15.4 Å². The van der Waals surface area contributed by atoms with Crippen molar-refractivity contribution >= 4 is 5.96 Å². The van der Waals surface area contributed by atoms with E-state index in [1.807, 2.05) is 0 Å². The molecule has 1 saturated heterocycles. The summed E-state index contributed by atoms with van der Waals surface area (Å²) in [6, 6.07) is 0. The van der Waals surface area contributed by atoms with Crippen LogP contribution in [0.25, 0.3) is 0 Å². The van der Waals surface area contributed by atoms with Crippen LogP contribution >= 0.6 is 0 Å². The fourth-order valence-corrected chi connectivity index (χ4v) is 2.02. The highest BCUT2D eigenvalue weighted by atomic mass is 16.5. The largest absolute Gasteiger partial charge is 0.381 e. The van der Waals surface area contributed by atoms with E-state index in [2.05, 4.69) is 30.7 Å². The van der Waals surface area contributed by atoms with Gasteiger partial charge in [-0.15, -0.1) is 0 Å². The molecule has 18 heavy (non-hydrogen) atoms. The van der Waals surface area contributed by atoms with Gasteiger partial charge in [-0.1, -0.05) is 20.8 Å². The average Bonchev–Trinajstić information content (AvgIpc) is 2.34. The molecule has 0 bridgehead atoms. The number of hydrogen-bond acceptors (Lipinski definition) is 2. The Morgan fingerprint density at radius 2 is 2.06 bits per heavy atom. The van der Waals surface area contributed by atoms with Gasteiger partial charge >= 0.3 is 0 Å². The Hall–Kier alpha value is -0.770. The molecule has 0 atom stereocenters. The van der Waals surface area contributed by atoms with Gasteiger partial charge in [0.05, 0.1) is 0 Å². The SMILES string of the molecule is CC(C)COCCCN=C(N)N1CCC(C)CC1. The van der Waals surface area contributed by atoms with Crippen LogP contribution in [0.3, 0.4) is 0 Å². The van der Waals surface area contributed by atoms with Gasteiger partial charge in [0.1, 0.15) is 0 Å². The molecule has 0 amide bonds. The summed E-state index contributed by atoms with van der Waals surface area (Å²) < 4.78 is 5.51. The van der Waals surface area contributed by atoms with Gasteiger partial charge in [0.25, 0.3) is 0 Å². The Balaban J connectivity index is 2.10. The highest BCUT2D eigenvalue weighted by Crippen LogP contribution is 2.15. The minimum absolute atomic E-state index is 0.605. The molecule has 0 aliphatic carbocycles. The average molecular weight is 255 g/mol. The van der Waals surface area contributed by atoms with Gasteiger partial charge in [0.15, 0.2) is 5.96 Å². The van der Waals surface area contributed by atoms with Gasteiger partial charge in [-0.05, 0) is 31.1 Å². The molecule has 1 heterocycles. The van der Waals surface area contributed by atoms with Crippen molar-refractivity contribution in [2.45, 2.75) is 40.0 Å². The standard InChI is InChI=1S/C14H29N3O/c1-12(2)11-18-10-4-7-16-14(15)17-8-5-13(3)6-9-17/h12-13H,4-11H2,1-3H3,(H2,15,16). The molecule has 0 spiro atoms. The summed E-state index contributed by atoms with van der Waals surface area (Å²) in [5.74, 6) is 2.15. The third kappa shape index (κ3) is 6.24. The normalized spacial score (nSPS) is 18.7. The van der Waals surface area contributed by atoms with E-state index in [-0.39, 0.29) is 0 Å². The first-order valence-electron chi connectivity index (χ1n) is 7.22. The third-order valence-corrected chi connectivity index (χ3v) is 3.28. The number of aliphatic imine (C=N–C) groups is 1. The smallest absolute Gasteiger partial charge is 0.191 e. The van der Waals surface area contributed by atoms with Crippen LogP contribution in [0.1, 0.15) is 40.0 Å². The molecule has 106 valence electrons. The lowest BCUT2D eigenvalue weighted by molar-refractivity contribution is 0.109. The number of rotatable bonds is 6. The lowest BCUT2D eigenvalue weighted by Crippen LogP contribution is -2.42. The first-order chi connectivity index (χ1) is 8.59. The van der Waals surface area contributed by atoms with Crippen LogP contribution in [-0.4, -0.2) is 43.7 Å². The van der Waals surface area contributed by atoms with Crippen molar-refractivity contribution in [1.82, 2.24) is 4.90 Å². The van der Waals surface area contributed by atoms with Crippen LogP contribution in [0.2, 0.25) is 0 Å². The first-order valence-corrected chi connectivity index (χ1v) is 7.22. The van der Waals surface area contributed by atoms with Crippen LogP contribution in [0.5, 0.6) is 0 Å². The van der Waals surface area contributed by atoms with Crippen molar-refractivity contribution in [3.05, 3.63) is 0 Å². The Morgan fingerprint density at radius 3 is 2.67 bits per heavy atom. The van der Waals surface area contributed by atoms with Crippen molar-refractivity contribution in [3.8, 4) is 0 Å². The van der Waals surface area contributed by atoms with E-state index in [0.29, 0.717) is 11.9 Å². The second-order valence-electron chi connectivity index (χ2n) is 5.73. The summed E-state index contributed by atoms with van der Waals surface area (Å²) in [5, 5.41) is 0. The molecule has 1 rings (SSSR count). The van der Waals surface area contributed by atoms with Gasteiger partial charge in [0.2, 0.25) is 0 Å². The van der Waals surface area contributed by atoms with Gasteiger partial charge in [-0.3, -0.25) is 4.99 Å². The Bertz CT molecular complexity index is 245. The van der Waals surface area contributed by atoms with Crippen molar-refractivity contribution in [1.29, 1.82) is 0 Å². The van der Waals surface area contributed by atoms with E-state index in [9.17, 15) is 0 Å². The number of nitrogens with two attached hydrogens (primary N) is 1. The van der Waals surface area contributed by atoms with E-state index in [1.54, 1.807) is 0 Å². The molecule has 2 N–H and O–H groups in total. The monoisotopic (exact) mass is 255 g/mol. The fraction of sp³-hybridized carbons (Fsp3) is 0.929. The van der Waals surface area contributed by atoms with Crippen molar-refractivity contribution in [3.63, 3.8) is 0 Å². The second-order valence-corrected chi connectivity index (χ2v) is 5.73. The number of likely N-dealkylation sites (tertiary alicyclic amines) is 1. The third-order valence-electron chi connectivity index (χ3n) is 3.28. The van der Waals surface area contributed by atoms with Crippen molar-refractivity contribution in [2.24, 2.45) is 22.6 Å². The Kier molecular flexibility index (Phi) is 7.09. The van der Waals surface area contributed by atoms with Crippen LogP contribution in [0.15, 0.2) is 4.99 Å². The topological polar surface area (TPSA) is 50.9 Å². The van der Waals surface area contributed by atoms with E-state index in [4.69, 9.17) is 10.5 Å². The summed E-state index contributed by atoms with van der Waals surface area (Å²) >= 11 is 0. The van der Waals surface area contributed by atoms with Crippen LogP contribution < -0.4 is 5.73 Å². The molecular weight excluding hydrogens is 226 g/mol. The highest BCUT2D eigenvalue weighted by Gasteiger charge is 2.16. The Labute approximate surface area is 112 Å². The maximum Gasteiger partial charge on any atom is 0.191 e. The number of ether oxygens (including phenoxy) is 1. The molecule has 0 aromatic heterocycles. The molecule has 1 aliphatic rings. The van der Waals surface area contributed by atoms with E-state index in [0.717, 1.165) is 45.2 Å². The zero-order chi connectivity index (χ0) is 13.4. The zero-order valence-electron chi connectivity index (χ0n) is 12.2. The molecule has 0 saturated carbocycles. The summed E-state index contributed by atoms with van der Waals surface area (Å²) in [6.45, 7) is 11.1. The van der Waals surface area contributed by atoms with Crippen LogP contribution in [0.4, 0.5) is 0 Å². The van der Waals surface area contributed by atoms with Crippen LogP contribution in [0, 0.1) is 11.8 Å². The van der Waals surface area contributed by atoms with Gasteiger partial charge in [-0.2, -0.15) is 0 Å². The van der Waals surface area contributed by atoms with Crippen molar-refractivity contribution < 1.29 is 4.74 Å². The van der Waals surface area contributed by atoms with E-state index in [1.165, 1.54) is 12.8 Å².